The van der Waals surface area contributed by atoms with E-state index in [1.807, 2.05) is 6.92 Å². The first-order valence-electron chi connectivity index (χ1n) is 4.64. The number of hydrogen-bond acceptors (Lipinski definition) is 3. The third-order valence-corrected chi connectivity index (χ3v) is 2.21. The average Bonchev–Trinajstić information content (AvgIpc) is 2.04. The Labute approximate surface area is 79.4 Å². The lowest BCUT2D eigenvalue weighted by Crippen LogP contribution is -2.29. The lowest BCUT2D eigenvalue weighted by Gasteiger charge is -2.23. The monoisotopic (exact) mass is 179 g/mol. The summed E-state index contributed by atoms with van der Waals surface area (Å²) in [4.78, 5) is 8.33. The second kappa shape index (κ2) is 4.33. The molecule has 0 radical (unpaired) electrons. The van der Waals surface area contributed by atoms with Crippen molar-refractivity contribution in [1.82, 2.24) is 9.97 Å². The Morgan fingerprint density at radius 1 is 1.23 bits per heavy atom. The van der Waals surface area contributed by atoms with Gasteiger partial charge in [-0.1, -0.05) is 13.8 Å². The summed E-state index contributed by atoms with van der Waals surface area (Å²) in [7, 11) is 0. The maximum atomic E-state index is 5.90. The molecule has 0 amide bonds. The molecule has 2 N–H and O–H groups in total. The number of rotatable bonds is 3. The molecule has 2 atom stereocenters. The topological polar surface area (TPSA) is 51.8 Å². The summed E-state index contributed by atoms with van der Waals surface area (Å²) in [5, 5.41) is 0. The molecular formula is C10H17N3. The van der Waals surface area contributed by atoms with E-state index in [2.05, 4.69) is 23.8 Å². The Hall–Kier alpha value is -0.960. The van der Waals surface area contributed by atoms with E-state index < -0.39 is 0 Å². The summed E-state index contributed by atoms with van der Waals surface area (Å²) < 4.78 is 0. The quantitative estimate of drug-likeness (QED) is 0.766. The highest BCUT2D eigenvalue weighted by atomic mass is 14.8. The van der Waals surface area contributed by atoms with Crippen molar-refractivity contribution in [2.45, 2.75) is 32.7 Å². The molecule has 3 heteroatoms. The van der Waals surface area contributed by atoms with Crippen LogP contribution in [0.5, 0.6) is 0 Å². The van der Waals surface area contributed by atoms with Crippen molar-refractivity contribution in [3.8, 4) is 0 Å². The molecular weight excluding hydrogens is 162 g/mol. The van der Waals surface area contributed by atoms with E-state index in [0.717, 1.165) is 5.69 Å². The fraction of sp³-hybridized carbons (Fsp3) is 0.600. The van der Waals surface area contributed by atoms with Crippen LogP contribution in [0.15, 0.2) is 18.6 Å². The van der Waals surface area contributed by atoms with Gasteiger partial charge in [-0.15, -0.1) is 0 Å². The highest BCUT2D eigenvalue weighted by Gasteiger charge is 2.21. The third-order valence-electron chi connectivity index (χ3n) is 2.21. The predicted octanol–water partition coefficient (Wildman–Crippen LogP) is 1.56. The minimum atomic E-state index is 0.122. The maximum Gasteiger partial charge on any atom is 0.0635 e. The van der Waals surface area contributed by atoms with Gasteiger partial charge in [0.2, 0.25) is 0 Å². The summed E-state index contributed by atoms with van der Waals surface area (Å²) >= 11 is 0. The van der Waals surface area contributed by atoms with Gasteiger partial charge >= 0.3 is 0 Å². The van der Waals surface area contributed by atoms with E-state index in [1.54, 1.807) is 18.6 Å². The second-order valence-electron chi connectivity index (χ2n) is 3.76. The van der Waals surface area contributed by atoms with Crippen LogP contribution in [0.4, 0.5) is 0 Å². The van der Waals surface area contributed by atoms with E-state index in [1.165, 1.54) is 0 Å². The molecule has 0 bridgehead atoms. The Bertz CT molecular complexity index is 236. The zero-order chi connectivity index (χ0) is 9.84. The number of aromatic nitrogens is 2. The third kappa shape index (κ3) is 2.49. The van der Waals surface area contributed by atoms with Crippen molar-refractivity contribution in [3.05, 3.63) is 24.3 Å². The standard InChI is InChI=1S/C10H17N3/c1-7(2)10(8(3)11)9-6-12-4-5-13-9/h4-8,10H,11H2,1-3H3. The Balaban J connectivity index is 2.89. The van der Waals surface area contributed by atoms with Crippen molar-refractivity contribution >= 4 is 0 Å². The fourth-order valence-electron chi connectivity index (χ4n) is 1.70. The van der Waals surface area contributed by atoms with E-state index >= 15 is 0 Å². The van der Waals surface area contributed by atoms with E-state index in [0.29, 0.717) is 11.8 Å². The van der Waals surface area contributed by atoms with Crippen LogP contribution >= 0.6 is 0 Å². The van der Waals surface area contributed by atoms with Crippen LogP contribution in [0, 0.1) is 5.92 Å². The van der Waals surface area contributed by atoms with Gasteiger partial charge in [-0.05, 0) is 12.8 Å². The zero-order valence-corrected chi connectivity index (χ0v) is 8.44. The minimum Gasteiger partial charge on any atom is -0.327 e. The fourth-order valence-corrected chi connectivity index (χ4v) is 1.70. The van der Waals surface area contributed by atoms with Gasteiger partial charge in [-0.25, -0.2) is 0 Å². The summed E-state index contributed by atoms with van der Waals surface area (Å²) in [5.41, 5.74) is 6.89. The summed E-state index contributed by atoms with van der Waals surface area (Å²) in [6.07, 6.45) is 5.20. The van der Waals surface area contributed by atoms with Crippen LogP contribution in [0.1, 0.15) is 32.4 Å². The van der Waals surface area contributed by atoms with Crippen LogP contribution in [0.25, 0.3) is 0 Å². The molecule has 1 rings (SSSR count). The van der Waals surface area contributed by atoms with Gasteiger partial charge in [-0.2, -0.15) is 0 Å². The lowest BCUT2D eigenvalue weighted by molar-refractivity contribution is 0.426. The number of nitrogens with two attached hydrogens (primary N) is 1. The molecule has 2 unspecified atom stereocenters. The molecule has 0 aliphatic heterocycles. The SMILES string of the molecule is CC(C)C(c1cnccn1)C(C)N. The molecule has 0 aliphatic carbocycles. The minimum absolute atomic E-state index is 0.122. The molecule has 3 nitrogen and oxygen atoms in total. The molecule has 13 heavy (non-hydrogen) atoms. The molecule has 0 aliphatic rings. The van der Waals surface area contributed by atoms with Crippen molar-refractivity contribution < 1.29 is 0 Å². The highest BCUT2D eigenvalue weighted by molar-refractivity contribution is 5.07. The molecule has 0 fully saturated rings. The first-order chi connectivity index (χ1) is 6.13. The van der Waals surface area contributed by atoms with E-state index in [4.69, 9.17) is 5.73 Å². The molecule has 72 valence electrons. The Kier molecular flexibility index (Phi) is 3.37. The second-order valence-corrected chi connectivity index (χ2v) is 3.76. The first kappa shape index (κ1) is 10.1. The van der Waals surface area contributed by atoms with E-state index in [9.17, 15) is 0 Å². The van der Waals surface area contributed by atoms with Crippen LogP contribution in [0.2, 0.25) is 0 Å². The predicted molar refractivity (Wildman–Crippen MR) is 53.3 cm³/mol. The average molecular weight is 179 g/mol. The summed E-state index contributed by atoms with van der Waals surface area (Å²) in [6, 6.07) is 0.122. The highest BCUT2D eigenvalue weighted by Crippen LogP contribution is 2.24. The van der Waals surface area contributed by atoms with Crippen LogP contribution in [-0.2, 0) is 0 Å². The molecule has 1 aromatic heterocycles. The van der Waals surface area contributed by atoms with Gasteiger partial charge in [0, 0.05) is 30.6 Å². The van der Waals surface area contributed by atoms with Crippen LogP contribution in [0.3, 0.4) is 0 Å². The number of hydrogen-bond donors (Lipinski definition) is 1. The molecule has 0 saturated heterocycles. The largest absolute Gasteiger partial charge is 0.327 e. The van der Waals surface area contributed by atoms with Gasteiger partial charge < -0.3 is 5.73 Å². The zero-order valence-electron chi connectivity index (χ0n) is 8.44. The smallest absolute Gasteiger partial charge is 0.0635 e. The van der Waals surface area contributed by atoms with Gasteiger partial charge in [0.15, 0.2) is 0 Å². The van der Waals surface area contributed by atoms with Crippen LogP contribution in [-0.4, -0.2) is 16.0 Å². The normalized spacial score (nSPS) is 15.8. The van der Waals surface area contributed by atoms with Gasteiger partial charge in [0.1, 0.15) is 0 Å². The maximum absolute atomic E-state index is 5.90. The Morgan fingerprint density at radius 2 is 1.92 bits per heavy atom. The van der Waals surface area contributed by atoms with Crippen molar-refractivity contribution in [3.63, 3.8) is 0 Å². The molecule has 1 aromatic rings. The Morgan fingerprint density at radius 3 is 2.31 bits per heavy atom. The first-order valence-corrected chi connectivity index (χ1v) is 4.64. The summed E-state index contributed by atoms with van der Waals surface area (Å²) in [6.45, 7) is 6.32. The molecule has 0 spiro atoms. The van der Waals surface area contributed by atoms with E-state index in [-0.39, 0.29) is 6.04 Å². The van der Waals surface area contributed by atoms with Crippen molar-refractivity contribution in [2.75, 3.05) is 0 Å². The number of nitrogens with zero attached hydrogens (tertiary/aromatic N) is 2. The lowest BCUT2D eigenvalue weighted by atomic mass is 9.87. The van der Waals surface area contributed by atoms with Crippen LogP contribution < -0.4 is 5.73 Å². The molecule has 0 saturated carbocycles. The summed E-state index contributed by atoms with van der Waals surface area (Å²) in [5.74, 6) is 0.797. The van der Waals surface area contributed by atoms with Crippen molar-refractivity contribution in [2.24, 2.45) is 11.7 Å². The molecule has 0 aromatic carbocycles. The van der Waals surface area contributed by atoms with Gasteiger partial charge in [0.05, 0.1) is 5.69 Å². The van der Waals surface area contributed by atoms with Crippen molar-refractivity contribution in [1.29, 1.82) is 0 Å². The van der Waals surface area contributed by atoms with Gasteiger partial charge in [-0.3, -0.25) is 9.97 Å². The van der Waals surface area contributed by atoms with Gasteiger partial charge in [0.25, 0.3) is 0 Å². The molecule has 1 heterocycles.